The van der Waals surface area contributed by atoms with Crippen LogP contribution in [0.25, 0.3) is 33.7 Å². The molecule has 0 aliphatic carbocycles. The summed E-state index contributed by atoms with van der Waals surface area (Å²) in [6, 6.07) is 23.1. The van der Waals surface area contributed by atoms with Crippen LogP contribution in [0.3, 0.4) is 0 Å². The Kier molecular flexibility index (Phi) is 10.5. The number of halogens is 2. The molecule has 6 nitrogen and oxygen atoms in total. The number of carbonyl (C=O) groups excluding carboxylic acids is 2. The van der Waals surface area contributed by atoms with Crippen LogP contribution in [0.2, 0.25) is 0 Å². The third-order valence-corrected chi connectivity index (χ3v) is 6.37. The number of benzene rings is 4. The fraction of sp³-hybridized carbons (Fsp3) is 0.161. The monoisotopic (exact) mass is 562 g/mol. The molecule has 0 fully saturated rings. The van der Waals surface area contributed by atoms with Crippen LogP contribution in [-0.2, 0) is 9.59 Å². The van der Waals surface area contributed by atoms with E-state index in [0.29, 0.717) is 26.3 Å². The average molecular weight is 563 g/mol. The highest BCUT2D eigenvalue weighted by Crippen LogP contribution is 2.30. The Hall–Kier alpha value is -3.68. The van der Waals surface area contributed by atoms with Crippen LogP contribution in [0, 0.1) is 0 Å². The van der Waals surface area contributed by atoms with Gasteiger partial charge in [-0.15, -0.1) is 0 Å². The maximum atomic E-state index is 12.6. The first kappa shape index (κ1) is 28.3. The van der Waals surface area contributed by atoms with Gasteiger partial charge < -0.3 is 9.47 Å². The van der Waals surface area contributed by atoms with Crippen molar-refractivity contribution in [2.24, 2.45) is 0 Å². The molecule has 0 amide bonds. The molecule has 0 heterocycles. The van der Waals surface area contributed by atoms with Crippen molar-refractivity contribution in [1.29, 1.82) is 0 Å². The number of ether oxygens (including phenoxy) is 2. The van der Waals surface area contributed by atoms with E-state index in [9.17, 15) is 9.59 Å². The fourth-order valence-electron chi connectivity index (χ4n) is 4.19. The molecule has 0 saturated heterocycles. The fourth-order valence-corrected chi connectivity index (χ4v) is 4.34. The summed E-state index contributed by atoms with van der Waals surface area (Å²) in [6.45, 7) is 1.88. The first-order valence-corrected chi connectivity index (χ1v) is 13.2. The van der Waals surface area contributed by atoms with Gasteiger partial charge in [0.05, 0.1) is 6.42 Å². The zero-order chi connectivity index (χ0) is 27.5. The SMILES string of the molecule is O=C(/C=C/c1ccc(OCCNCl)c2ccccc12)CC(=O)/C=C/c1ccc(OCCNCl)c2ccccc12. The van der Waals surface area contributed by atoms with E-state index < -0.39 is 0 Å². The van der Waals surface area contributed by atoms with Crippen molar-refractivity contribution in [2.75, 3.05) is 26.3 Å². The van der Waals surface area contributed by atoms with E-state index in [1.54, 1.807) is 12.2 Å². The topological polar surface area (TPSA) is 76.7 Å². The van der Waals surface area contributed by atoms with E-state index in [1.807, 2.05) is 72.8 Å². The Morgan fingerprint density at radius 2 is 1.03 bits per heavy atom. The Bertz CT molecular complexity index is 1400. The van der Waals surface area contributed by atoms with E-state index >= 15 is 0 Å². The summed E-state index contributed by atoms with van der Waals surface area (Å²) in [5, 5.41) is 3.75. The molecule has 0 atom stereocenters. The van der Waals surface area contributed by atoms with Gasteiger partial charge in [0.2, 0.25) is 0 Å². The van der Waals surface area contributed by atoms with Crippen LogP contribution in [0.5, 0.6) is 11.5 Å². The average Bonchev–Trinajstić information content (AvgIpc) is 2.96. The van der Waals surface area contributed by atoms with Crippen molar-refractivity contribution in [2.45, 2.75) is 6.42 Å². The number of hydrogen-bond donors (Lipinski definition) is 2. The molecule has 0 unspecified atom stereocenters. The molecule has 2 N–H and O–H groups in total. The summed E-state index contributed by atoms with van der Waals surface area (Å²) in [7, 11) is 0. The Labute approximate surface area is 237 Å². The zero-order valence-electron chi connectivity index (χ0n) is 21.2. The lowest BCUT2D eigenvalue weighted by molar-refractivity contribution is -0.121. The van der Waals surface area contributed by atoms with Crippen molar-refractivity contribution in [3.63, 3.8) is 0 Å². The van der Waals surface area contributed by atoms with Crippen molar-refractivity contribution >= 4 is 68.8 Å². The van der Waals surface area contributed by atoms with Crippen LogP contribution in [0.15, 0.2) is 84.9 Å². The standard InChI is InChI=1S/C31H28Cl2N2O4/c32-34-17-19-38-30-15-11-22(26-5-1-3-7-28(26)30)9-13-24(36)21-25(37)14-10-23-12-16-31(39-20-18-35-33)29-8-4-2-6-27(23)29/h1-16,34-35H,17-21H2/b13-9+,14-10+. The number of allylic oxidation sites excluding steroid dienone is 2. The van der Waals surface area contributed by atoms with Gasteiger partial charge in [0.1, 0.15) is 24.7 Å². The molecule has 200 valence electrons. The molecule has 4 aromatic rings. The Morgan fingerprint density at radius 3 is 1.44 bits per heavy atom. The summed E-state index contributed by atoms with van der Waals surface area (Å²) in [6.07, 6.45) is 6.14. The number of carbonyl (C=O) groups is 2. The Balaban J connectivity index is 1.43. The normalized spacial score (nSPS) is 11.5. The summed E-state index contributed by atoms with van der Waals surface area (Å²) in [5.41, 5.74) is 1.72. The van der Waals surface area contributed by atoms with Gasteiger partial charge in [-0.2, -0.15) is 0 Å². The van der Waals surface area contributed by atoms with E-state index in [4.69, 9.17) is 33.0 Å². The highest BCUT2D eigenvalue weighted by Gasteiger charge is 2.09. The lowest BCUT2D eigenvalue weighted by Crippen LogP contribution is -2.11. The predicted octanol–water partition coefficient (Wildman–Crippen LogP) is 6.49. The van der Waals surface area contributed by atoms with Crippen molar-refractivity contribution < 1.29 is 19.1 Å². The summed E-state index contributed by atoms with van der Waals surface area (Å²) >= 11 is 11.0. The molecule has 4 rings (SSSR count). The van der Waals surface area contributed by atoms with Gasteiger partial charge in [-0.25, -0.2) is 9.67 Å². The molecule has 0 bridgehead atoms. The molecule has 0 aromatic heterocycles. The second-order valence-electron chi connectivity index (χ2n) is 8.64. The molecule has 0 radical (unpaired) electrons. The van der Waals surface area contributed by atoms with Crippen molar-refractivity contribution in [3.8, 4) is 11.5 Å². The number of nitrogens with one attached hydrogen (secondary N) is 2. The second kappa shape index (κ2) is 14.5. The minimum absolute atomic E-state index is 0.220. The quantitative estimate of drug-likeness (QED) is 0.0791. The maximum Gasteiger partial charge on any atom is 0.163 e. The van der Waals surface area contributed by atoms with Gasteiger partial charge in [-0.1, -0.05) is 72.8 Å². The summed E-state index contributed by atoms with van der Waals surface area (Å²) in [5.74, 6) is 0.925. The first-order chi connectivity index (χ1) is 19.1. The van der Waals surface area contributed by atoms with Gasteiger partial charge >= 0.3 is 0 Å². The van der Waals surface area contributed by atoms with E-state index in [-0.39, 0.29) is 18.0 Å². The van der Waals surface area contributed by atoms with Gasteiger partial charge in [0.25, 0.3) is 0 Å². The van der Waals surface area contributed by atoms with Crippen LogP contribution in [-0.4, -0.2) is 37.9 Å². The van der Waals surface area contributed by atoms with E-state index in [1.165, 1.54) is 12.2 Å². The molecule has 4 aromatic carbocycles. The molecular weight excluding hydrogens is 535 g/mol. The molecule has 8 heteroatoms. The predicted molar refractivity (Wildman–Crippen MR) is 159 cm³/mol. The van der Waals surface area contributed by atoms with Crippen molar-refractivity contribution in [1.82, 2.24) is 9.67 Å². The molecule has 0 spiro atoms. The Morgan fingerprint density at radius 1 is 0.615 bits per heavy atom. The van der Waals surface area contributed by atoms with Crippen LogP contribution < -0.4 is 19.1 Å². The molecule has 39 heavy (non-hydrogen) atoms. The van der Waals surface area contributed by atoms with Gasteiger partial charge in [-0.3, -0.25) is 9.59 Å². The molecular formula is C31H28Cl2N2O4. The van der Waals surface area contributed by atoms with E-state index in [2.05, 4.69) is 9.67 Å². The smallest absolute Gasteiger partial charge is 0.163 e. The molecule has 0 aliphatic rings. The van der Waals surface area contributed by atoms with Crippen LogP contribution in [0.4, 0.5) is 0 Å². The zero-order valence-corrected chi connectivity index (χ0v) is 22.7. The third-order valence-electron chi connectivity index (χ3n) is 5.99. The lowest BCUT2D eigenvalue weighted by atomic mass is 10.0. The largest absolute Gasteiger partial charge is 0.492 e. The number of rotatable bonds is 14. The van der Waals surface area contributed by atoms with Gasteiger partial charge in [0.15, 0.2) is 11.6 Å². The molecule has 0 aliphatic heterocycles. The molecule has 0 saturated carbocycles. The van der Waals surface area contributed by atoms with Crippen LogP contribution >= 0.6 is 23.6 Å². The summed E-state index contributed by atoms with van der Waals surface area (Å²) < 4.78 is 11.6. The number of ketones is 2. The van der Waals surface area contributed by atoms with E-state index in [0.717, 1.165) is 44.2 Å². The minimum atomic E-state index is -0.274. The number of hydrogen-bond acceptors (Lipinski definition) is 6. The van der Waals surface area contributed by atoms with Gasteiger partial charge in [0, 0.05) is 23.9 Å². The van der Waals surface area contributed by atoms with Gasteiger partial charge in [-0.05, 0) is 69.7 Å². The third kappa shape index (κ3) is 7.68. The highest BCUT2D eigenvalue weighted by molar-refractivity contribution is 6.13. The van der Waals surface area contributed by atoms with Crippen molar-refractivity contribution in [3.05, 3.63) is 96.1 Å². The maximum absolute atomic E-state index is 12.6. The van der Waals surface area contributed by atoms with Crippen LogP contribution in [0.1, 0.15) is 17.5 Å². The second-order valence-corrected chi connectivity index (χ2v) is 9.17. The summed E-state index contributed by atoms with van der Waals surface area (Å²) in [4.78, 5) is 30.2. The first-order valence-electron chi connectivity index (χ1n) is 12.5. The minimum Gasteiger partial charge on any atom is -0.492 e. The lowest BCUT2D eigenvalue weighted by Gasteiger charge is -2.11. The number of fused-ring (bicyclic) bond motifs is 2. The highest BCUT2D eigenvalue weighted by atomic mass is 35.5.